The summed E-state index contributed by atoms with van der Waals surface area (Å²) in [5.74, 6) is -0.308. The first-order chi connectivity index (χ1) is 18.0. The second-order valence-electron chi connectivity index (χ2n) is 9.38. The first kappa shape index (κ1) is 26.3. The van der Waals surface area contributed by atoms with Crippen LogP contribution < -0.4 is 10.2 Å². The van der Waals surface area contributed by atoms with Gasteiger partial charge in [-0.15, -0.1) is 0 Å². The van der Waals surface area contributed by atoms with Gasteiger partial charge in [-0.2, -0.15) is 0 Å². The fraction of sp³-hybridized carbons (Fsp3) is 0.290. The molecule has 0 radical (unpaired) electrons. The van der Waals surface area contributed by atoms with Crippen LogP contribution in [0, 0.1) is 6.92 Å². The first-order valence-electron chi connectivity index (χ1n) is 12.7. The third-order valence-electron chi connectivity index (χ3n) is 6.70. The SMILES string of the molecule is COc1c(-c2ccc(CCc3ccc(CCCCCO)cc3)cc2)nc2ccc(C)cc2c1C(=O)NO. The second-order valence-corrected chi connectivity index (χ2v) is 9.38. The van der Waals surface area contributed by atoms with E-state index in [1.807, 2.05) is 37.3 Å². The summed E-state index contributed by atoms with van der Waals surface area (Å²) in [7, 11) is 1.51. The monoisotopic (exact) mass is 498 g/mol. The molecular formula is C31H34N2O4. The van der Waals surface area contributed by atoms with Gasteiger partial charge in [0.1, 0.15) is 5.69 Å². The molecule has 0 fully saturated rings. The van der Waals surface area contributed by atoms with Crippen LogP contribution in [-0.4, -0.2) is 34.9 Å². The van der Waals surface area contributed by atoms with Gasteiger partial charge in [0, 0.05) is 17.6 Å². The molecule has 0 unspecified atom stereocenters. The topological polar surface area (TPSA) is 91.7 Å². The Morgan fingerprint density at radius 2 is 1.49 bits per heavy atom. The van der Waals surface area contributed by atoms with Crippen LogP contribution in [0.3, 0.4) is 0 Å². The number of aromatic nitrogens is 1. The summed E-state index contributed by atoms with van der Waals surface area (Å²) in [5.41, 5.74) is 8.88. The number of nitrogens with one attached hydrogen (secondary N) is 1. The third kappa shape index (κ3) is 6.34. The van der Waals surface area contributed by atoms with E-state index in [2.05, 4.69) is 36.4 Å². The zero-order chi connectivity index (χ0) is 26.2. The van der Waals surface area contributed by atoms with E-state index in [9.17, 15) is 10.0 Å². The number of aliphatic hydroxyl groups excluding tert-OH is 1. The summed E-state index contributed by atoms with van der Waals surface area (Å²) < 4.78 is 5.64. The molecule has 0 aliphatic heterocycles. The highest BCUT2D eigenvalue weighted by Gasteiger charge is 2.22. The highest BCUT2D eigenvalue weighted by molar-refractivity contribution is 6.10. The molecule has 1 heterocycles. The minimum atomic E-state index is -0.635. The van der Waals surface area contributed by atoms with Crippen LogP contribution in [0.15, 0.2) is 66.7 Å². The van der Waals surface area contributed by atoms with E-state index in [4.69, 9.17) is 14.8 Å². The summed E-state index contributed by atoms with van der Waals surface area (Å²) >= 11 is 0. The highest BCUT2D eigenvalue weighted by atomic mass is 16.5. The van der Waals surface area contributed by atoms with Crippen LogP contribution in [0.4, 0.5) is 0 Å². The Kier molecular flexibility index (Phi) is 8.88. The van der Waals surface area contributed by atoms with Crippen molar-refractivity contribution in [2.45, 2.75) is 45.4 Å². The van der Waals surface area contributed by atoms with E-state index in [1.54, 1.807) is 5.48 Å². The van der Waals surface area contributed by atoms with Crippen LogP contribution in [0.25, 0.3) is 22.2 Å². The smallest absolute Gasteiger partial charge is 0.279 e. The minimum Gasteiger partial charge on any atom is -0.494 e. The predicted molar refractivity (Wildman–Crippen MR) is 146 cm³/mol. The number of aliphatic hydroxyl groups is 1. The number of hydrogen-bond donors (Lipinski definition) is 3. The number of carbonyl (C=O) groups excluding carboxylic acids is 1. The maximum atomic E-state index is 12.6. The van der Waals surface area contributed by atoms with Gasteiger partial charge < -0.3 is 9.84 Å². The van der Waals surface area contributed by atoms with Crippen molar-refractivity contribution < 1.29 is 19.8 Å². The van der Waals surface area contributed by atoms with E-state index in [-0.39, 0.29) is 12.2 Å². The van der Waals surface area contributed by atoms with Crippen molar-refractivity contribution in [1.29, 1.82) is 0 Å². The Bertz CT molecular complexity index is 1350. The Morgan fingerprint density at radius 3 is 2.08 bits per heavy atom. The number of ether oxygens (including phenoxy) is 1. The molecule has 0 spiro atoms. The number of amides is 1. The van der Waals surface area contributed by atoms with Gasteiger partial charge in [-0.1, -0.05) is 66.6 Å². The normalized spacial score (nSPS) is 11.0. The minimum absolute atomic E-state index is 0.259. The lowest BCUT2D eigenvalue weighted by atomic mass is 9.98. The van der Waals surface area contributed by atoms with Gasteiger partial charge in [0.15, 0.2) is 5.75 Å². The van der Waals surface area contributed by atoms with Crippen LogP contribution in [-0.2, 0) is 19.3 Å². The molecule has 6 heteroatoms. The maximum absolute atomic E-state index is 12.6. The van der Waals surface area contributed by atoms with Crippen molar-refractivity contribution >= 4 is 16.8 Å². The maximum Gasteiger partial charge on any atom is 0.279 e. The summed E-state index contributed by atoms with van der Waals surface area (Å²) in [6, 6.07) is 22.7. The summed E-state index contributed by atoms with van der Waals surface area (Å²) in [6.45, 7) is 2.21. The lowest BCUT2D eigenvalue weighted by Crippen LogP contribution is -2.20. The number of unbranched alkanes of at least 4 members (excludes halogenated alkanes) is 2. The first-order valence-corrected chi connectivity index (χ1v) is 12.7. The second kappa shape index (κ2) is 12.5. The molecule has 192 valence electrons. The Hall–Kier alpha value is -3.74. The molecule has 3 N–H and O–H groups in total. The zero-order valence-corrected chi connectivity index (χ0v) is 21.5. The van der Waals surface area contributed by atoms with Gasteiger partial charge in [0.05, 0.1) is 18.2 Å². The van der Waals surface area contributed by atoms with E-state index < -0.39 is 5.91 Å². The average Bonchev–Trinajstić information content (AvgIpc) is 2.93. The van der Waals surface area contributed by atoms with Gasteiger partial charge in [0.25, 0.3) is 5.91 Å². The molecule has 6 nitrogen and oxygen atoms in total. The molecule has 1 aromatic heterocycles. The van der Waals surface area contributed by atoms with Crippen molar-refractivity contribution in [2.24, 2.45) is 0 Å². The standard InChI is InChI=1S/C31H34N2O4/c1-21-7-18-27-26(20-21)28(31(35)33-36)30(37-2)29(32-27)25-16-14-24(15-17-25)13-12-23-10-8-22(9-11-23)6-4-3-5-19-34/h7-11,14-18,20,34,36H,3-6,12-13,19H2,1-2H3,(H,33,35). The largest absolute Gasteiger partial charge is 0.494 e. The highest BCUT2D eigenvalue weighted by Crippen LogP contribution is 2.36. The molecule has 37 heavy (non-hydrogen) atoms. The number of rotatable bonds is 11. The van der Waals surface area contributed by atoms with Gasteiger partial charge in [-0.3, -0.25) is 10.0 Å². The van der Waals surface area contributed by atoms with Gasteiger partial charge in [-0.25, -0.2) is 10.5 Å². The van der Waals surface area contributed by atoms with Crippen LogP contribution in [0.2, 0.25) is 0 Å². The third-order valence-corrected chi connectivity index (χ3v) is 6.70. The molecule has 0 bridgehead atoms. The summed E-state index contributed by atoms with van der Waals surface area (Å²) in [6.07, 6.45) is 5.95. The Balaban J connectivity index is 1.51. The number of hydrogen-bond acceptors (Lipinski definition) is 5. The number of benzene rings is 3. The van der Waals surface area contributed by atoms with Crippen LogP contribution >= 0.6 is 0 Å². The van der Waals surface area contributed by atoms with Crippen molar-refractivity contribution in [3.8, 4) is 17.0 Å². The van der Waals surface area contributed by atoms with Crippen molar-refractivity contribution in [1.82, 2.24) is 10.5 Å². The number of nitrogens with zero attached hydrogens (tertiary/aromatic N) is 1. The quantitative estimate of drug-likeness (QED) is 0.138. The molecule has 0 saturated carbocycles. The number of carbonyl (C=O) groups is 1. The molecule has 0 aliphatic carbocycles. The van der Waals surface area contributed by atoms with Gasteiger partial charge >= 0.3 is 0 Å². The fourth-order valence-corrected chi connectivity index (χ4v) is 4.64. The molecule has 4 rings (SSSR count). The number of fused-ring (bicyclic) bond motifs is 1. The molecule has 0 aliphatic rings. The zero-order valence-electron chi connectivity index (χ0n) is 21.5. The predicted octanol–water partition coefficient (Wildman–Crippen LogP) is 5.83. The molecule has 0 saturated heterocycles. The Labute approximate surface area is 217 Å². The van der Waals surface area contributed by atoms with Crippen molar-refractivity contribution in [3.05, 3.63) is 94.5 Å². The average molecular weight is 499 g/mol. The molecule has 1 amide bonds. The number of hydroxylamine groups is 1. The van der Waals surface area contributed by atoms with Crippen LogP contribution in [0.1, 0.15) is 51.9 Å². The summed E-state index contributed by atoms with van der Waals surface area (Å²) in [5, 5.41) is 18.9. The molecule has 3 aromatic carbocycles. The van der Waals surface area contributed by atoms with E-state index >= 15 is 0 Å². The number of pyridine rings is 1. The number of methoxy groups -OCH3 is 1. The lowest BCUT2D eigenvalue weighted by Gasteiger charge is -2.15. The van der Waals surface area contributed by atoms with E-state index in [0.29, 0.717) is 22.3 Å². The summed E-state index contributed by atoms with van der Waals surface area (Å²) in [4.78, 5) is 17.4. The van der Waals surface area contributed by atoms with Gasteiger partial charge in [-0.05, 0) is 67.9 Å². The number of aryl methyl sites for hydroxylation is 4. The van der Waals surface area contributed by atoms with Gasteiger partial charge in [0.2, 0.25) is 0 Å². The van der Waals surface area contributed by atoms with E-state index in [1.165, 1.54) is 23.8 Å². The Morgan fingerprint density at radius 1 is 0.865 bits per heavy atom. The van der Waals surface area contributed by atoms with Crippen molar-refractivity contribution in [2.75, 3.05) is 13.7 Å². The fourth-order valence-electron chi connectivity index (χ4n) is 4.64. The molecule has 0 atom stereocenters. The lowest BCUT2D eigenvalue weighted by molar-refractivity contribution is 0.0705. The van der Waals surface area contributed by atoms with Crippen LogP contribution in [0.5, 0.6) is 5.75 Å². The molecular weight excluding hydrogens is 464 g/mol. The van der Waals surface area contributed by atoms with E-state index in [0.717, 1.165) is 49.7 Å². The molecule has 4 aromatic rings. The van der Waals surface area contributed by atoms with Crippen molar-refractivity contribution in [3.63, 3.8) is 0 Å².